The van der Waals surface area contributed by atoms with Crippen molar-refractivity contribution >= 4 is 29.4 Å². The van der Waals surface area contributed by atoms with E-state index in [2.05, 4.69) is 22.4 Å². The number of pyridine rings is 1. The first-order valence-electron chi connectivity index (χ1n) is 10.6. The Kier molecular flexibility index (Phi) is 7.17. The number of nitrogens with zero attached hydrogens (tertiary/aromatic N) is 2. The summed E-state index contributed by atoms with van der Waals surface area (Å²) < 4.78 is 14.4. The van der Waals surface area contributed by atoms with E-state index in [1.807, 2.05) is 18.2 Å². The van der Waals surface area contributed by atoms with E-state index in [0.29, 0.717) is 17.9 Å². The highest BCUT2D eigenvalue weighted by Gasteiger charge is 2.35. The molecule has 2 aromatic carbocycles. The summed E-state index contributed by atoms with van der Waals surface area (Å²) in [5.74, 6) is -0.115. The summed E-state index contributed by atoms with van der Waals surface area (Å²) in [6.07, 6.45) is 4.36. The summed E-state index contributed by atoms with van der Waals surface area (Å²) in [7, 11) is 0. The van der Waals surface area contributed by atoms with Crippen LogP contribution in [-0.2, 0) is 11.2 Å². The number of hydrogen-bond donors (Lipinski definition) is 1. The molecule has 1 atom stereocenters. The summed E-state index contributed by atoms with van der Waals surface area (Å²) in [6.45, 7) is 0.522. The molecule has 0 aliphatic carbocycles. The number of aromatic nitrogens is 1. The summed E-state index contributed by atoms with van der Waals surface area (Å²) in [5.41, 5.74) is 2.10. The lowest BCUT2D eigenvalue weighted by Crippen LogP contribution is -2.29. The summed E-state index contributed by atoms with van der Waals surface area (Å²) in [6, 6.07) is 19.8. The molecular weight excluding hydrogens is 425 g/mol. The number of thioether (sulfide) groups is 1. The van der Waals surface area contributed by atoms with Crippen LogP contribution in [-0.4, -0.2) is 29.1 Å². The highest BCUT2D eigenvalue weighted by molar-refractivity contribution is 8.00. The number of halogens is 1. The Morgan fingerprint density at radius 2 is 1.91 bits per heavy atom. The maximum atomic E-state index is 14.4. The fourth-order valence-corrected chi connectivity index (χ4v) is 4.85. The molecule has 1 N–H and O–H groups in total. The number of rotatable bonds is 8. The van der Waals surface area contributed by atoms with Gasteiger partial charge in [0.05, 0.1) is 5.75 Å². The van der Waals surface area contributed by atoms with E-state index in [4.69, 9.17) is 0 Å². The molecule has 1 fully saturated rings. The second kappa shape index (κ2) is 10.4. The smallest absolute Gasteiger partial charge is 0.251 e. The number of unbranched alkanes of at least 4 members (excludes halogenated alkanes) is 1. The number of hydrogen-bond acceptors (Lipinski definition) is 4. The molecule has 0 bridgehead atoms. The minimum Gasteiger partial charge on any atom is -0.352 e. The molecule has 2 amide bonds. The van der Waals surface area contributed by atoms with Crippen LogP contribution in [0.3, 0.4) is 0 Å². The highest BCUT2D eigenvalue weighted by Crippen LogP contribution is 2.41. The maximum absolute atomic E-state index is 14.4. The molecule has 1 saturated heterocycles. The van der Waals surface area contributed by atoms with Gasteiger partial charge in [0, 0.05) is 18.3 Å². The van der Waals surface area contributed by atoms with Crippen molar-refractivity contribution in [2.24, 2.45) is 0 Å². The van der Waals surface area contributed by atoms with E-state index >= 15 is 0 Å². The largest absolute Gasteiger partial charge is 0.352 e. The minimum absolute atomic E-state index is 0.0904. The Hall–Kier alpha value is -3.19. The molecule has 0 saturated carbocycles. The van der Waals surface area contributed by atoms with Crippen LogP contribution >= 0.6 is 11.8 Å². The summed E-state index contributed by atoms with van der Waals surface area (Å²) in [5, 5.41) is 2.45. The number of carbonyl (C=O) groups is 2. The number of amides is 2. The van der Waals surface area contributed by atoms with E-state index in [-0.39, 0.29) is 23.1 Å². The fourth-order valence-electron chi connectivity index (χ4n) is 3.70. The second-order valence-corrected chi connectivity index (χ2v) is 8.66. The molecule has 4 rings (SSSR count). The lowest BCUT2D eigenvalue weighted by atomic mass is 10.1. The van der Waals surface area contributed by atoms with Gasteiger partial charge in [0.25, 0.3) is 5.91 Å². The Balaban J connectivity index is 1.39. The predicted octanol–water partition coefficient (Wildman–Crippen LogP) is 4.75. The van der Waals surface area contributed by atoms with Gasteiger partial charge in [0.2, 0.25) is 5.91 Å². The second-order valence-electron chi connectivity index (χ2n) is 7.59. The Labute approximate surface area is 191 Å². The van der Waals surface area contributed by atoms with Crippen molar-refractivity contribution in [3.63, 3.8) is 0 Å². The van der Waals surface area contributed by atoms with Gasteiger partial charge < -0.3 is 5.32 Å². The maximum Gasteiger partial charge on any atom is 0.251 e. The number of anilines is 1. The molecule has 5 nitrogen and oxygen atoms in total. The zero-order valence-electron chi connectivity index (χ0n) is 17.5. The molecule has 1 unspecified atom stereocenters. The standard InChI is InChI=1S/C25H24FN3O2S/c26-21-15-19(24(31)28-13-6-4-10-18-8-2-1-3-9-18)14-20(16-21)25-29(23(30)17-32-25)22-11-5-7-12-27-22/h1-3,5,7-9,11-12,14-16,25H,4,6,10,13,17H2,(H,28,31). The Morgan fingerprint density at radius 1 is 1.09 bits per heavy atom. The topological polar surface area (TPSA) is 62.3 Å². The van der Waals surface area contributed by atoms with Crippen LogP contribution in [0.2, 0.25) is 0 Å². The van der Waals surface area contributed by atoms with Crippen molar-refractivity contribution < 1.29 is 14.0 Å². The van der Waals surface area contributed by atoms with Crippen LogP contribution in [0.25, 0.3) is 0 Å². The number of nitrogens with one attached hydrogen (secondary N) is 1. The van der Waals surface area contributed by atoms with E-state index in [0.717, 1.165) is 19.3 Å². The van der Waals surface area contributed by atoms with Gasteiger partial charge in [0.15, 0.2) is 0 Å². The third-order valence-electron chi connectivity index (χ3n) is 5.25. The SMILES string of the molecule is O=C(NCCCCc1ccccc1)c1cc(F)cc(C2SCC(=O)N2c2ccccn2)c1. The van der Waals surface area contributed by atoms with E-state index in [9.17, 15) is 14.0 Å². The third-order valence-corrected chi connectivity index (χ3v) is 6.46. The average Bonchev–Trinajstić information content (AvgIpc) is 3.21. The van der Waals surface area contributed by atoms with Crippen molar-refractivity contribution in [1.29, 1.82) is 0 Å². The van der Waals surface area contributed by atoms with E-state index in [1.165, 1.54) is 29.5 Å². The zero-order chi connectivity index (χ0) is 22.3. The van der Waals surface area contributed by atoms with Crippen LogP contribution < -0.4 is 10.2 Å². The number of carbonyl (C=O) groups excluding carboxylic acids is 2. The van der Waals surface area contributed by atoms with Crippen molar-refractivity contribution in [2.45, 2.75) is 24.6 Å². The molecule has 2 heterocycles. The first-order chi connectivity index (χ1) is 15.6. The zero-order valence-corrected chi connectivity index (χ0v) is 18.4. The van der Waals surface area contributed by atoms with Gasteiger partial charge in [0.1, 0.15) is 17.0 Å². The minimum atomic E-state index is -0.502. The molecule has 1 aliphatic heterocycles. The molecule has 164 valence electrons. The molecule has 0 radical (unpaired) electrons. The van der Waals surface area contributed by atoms with Gasteiger partial charge in [-0.1, -0.05) is 36.4 Å². The third kappa shape index (κ3) is 5.34. The first kappa shape index (κ1) is 22.0. The fraction of sp³-hybridized carbons (Fsp3) is 0.240. The average molecular weight is 450 g/mol. The molecule has 1 aromatic heterocycles. The van der Waals surface area contributed by atoms with E-state index < -0.39 is 11.2 Å². The number of aryl methyl sites for hydroxylation is 1. The van der Waals surface area contributed by atoms with Crippen LogP contribution in [0.15, 0.2) is 72.9 Å². The molecule has 32 heavy (non-hydrogen) atoms. The van der Waals surface area contributed by atoms with Gasteiger partial charge >= 0.3 is 0 Å². The molecule has 1 aliphatic rings. The van der Waals surface area contributed by atoms with Gasteiger partial charge in [-0.2, -0.15) is 0 Å². The van der Waals surface area contributed by atoms with Gasteiger partial charge in [-0.15, -0.1) is 11.8 Å². The quantitative estimate of drug-likeness (QED) is 0.504. The predicted molar refractivity (Wildman–Crippen MR) is 125 cm³/mol. The van der Waals surface area contributed by atoms with Crippen molar-refractivity contribution in [2.75, 3.05) is 17.2 Å². The van der Waals surface area contributed by atoms with Crippen molar-refractivity contribution in [3.05, 3.63) is 95.4 Å². The monoisotopic (exact) mass is 449 g/mol. The van der Waals surface area contributed by atoms with E-state index in [1.54, 1.807) is 35.4 Å². The molecular formula is C25H24FN3O2S. The molecule has 7 heteroatoms. The lowest BCUT2D eigenvalue weighted by Gasteiger charge is -2.23. The van der Waals surface area contributed by atoms with Gasteiger partial charge in [-0.3, -0.25) is 14.5 Å². The summed E-state index contributed by atoms with van der Waals surface area (Å²) in [4.78, 5) is 30.9. The van der Waals surface area contributed by atoms with Gasteiger partial charge in [-0.25, -0.2) is 9.37 Å². The number of benzene rings is 2. The first-order valence-corrected chi connectivity index (χ1v) is 11.6. The van der Waals surface area contributed by atoms with Crippen LogP contribution in [0, 0.1) is 5.82 Å². The normalized spacial score (nSPS) is 15.7. The summed E-state index contributed by atoms with van der Waals surface area (Å²) >= 11 is 1.40. The van der Waals surface area contributed by atoms with Crippen molar-refractivity contribution in [3.8, 4) is 0 Å². The Morgan fingerprint density at radius 3 is 2.69 bits per heavy atom. The molecule has 0 spiro atoms. The van der Waals surface area contributed by atoms with Crippen LogP contribution in [0.1, 0.15) is 39.7 Å². The Bertz CT molecular complexity index is 1080. The van der Waals surface area contributed by atoms with Crippen molar-refractivity contribution in [1.82, 2.24) is 10.3 Å². The van der Waals surface area contributed by atoms with Crippen LogP contribution in [0.4, 0.5) is 10.2 Å². The molecule has 3 aromatic rings. The lowest BCUT2D eigenvalue weighted by molar-refractivity contribution is -0.115. The van der Waals surface area contributed by atoms with Crippen LogP contribution in [0.5, 0.6) is 0 Å². The van der Waals surface area contributed by atoms with Gasteiger partial charge in [-0.05, 0) is 60.7 Å². The highest BCUT2D eigenvalue weighted by atomic mass is 32.2.